The van der Waals surface area contributed by atoms with Crippen LogP contribution < -0.4 is 0 Å². The second-order valence-corrected chi connectivity index (χ2v) is 3.80. The lowest BCUT2D eigenvalue weighted by Crippen LogP contribution is -2.27. The number of allylic oxidation sites excluding steroid dienone is 1. The first-order chi connectivity index (χ1) is 6.77. The summed E-state index contributed by atoms with van der Waals surface area (Å²) in [7, 11) is 0. The van der Waals surface area contributed by atoms with E-state index < -0.39 is 0 Å². The van der Waals surface area contributed by atoms with Gasteiger partial charge in [0.05, 0.1) is 5.41 Å². The quantitative estimate of drug-likeness (QED) is 0.414. The largest absolute Gasteiger partial charge is 0.234 e. The molecule has 1 aliphatic rings. The average molecular weight is 190 g/mol. The van der Waals surface area contributed by atoms with E-state index in [-0.39, 0.29) is 11.7 Å². The van der Waals surface area contributed by atoms with Gasteiger partial charge in [0.1, 0.15) is 0 Å². The Hall–Kier alpha value is -1.12. The summed E-state index contributed by atoms with van der Waals surface area (Å²) in [5.41, 5.74) is 1.12. The lowest BCUT2D eigenvalue weighted by molar-refractivity contribution is 0.0850. The van der Waals surface area contributed by atoms with E-state index in [1.54, 1.807) is 0 Å². The maximum absolute atomic E-state index is 4.93. The lowest BCUT2D eigenvalue weighted by Gasteiger charge is -2.24. The van der Waals surface area contributed by atoms with E-state index >= 15 is 0 Å². The molecule has 2 rings (SSSR count). The molecular formula is C12H14O2. The van der Waals surface area contributed by atoms with Crippen LogP contribution in [-0.2, 0) is 15.2 Å². The Kier molecular flexibility index (Phi) is 2.40. The Morgan fingerprint density at radius 3 is 2.50 bits per heavy atom. The van der Waals surface area contributed by atoms with Gasteiger partial charge in [0, 0.05) is 0 Å². The molecule has 0 radical (unpaired) electrons. The second-order valence-electron chi connectivity index (χ2n) is 3.80. The minimum Gasteiger partial charge on any atom is -0.197 e. The first-order valence-electron chi connectivity index (χ1n) is 4.76. The number of hydrogen-bond acceptors (Lipinski definition) is 2. The van der Waals surface area contributed by atoms with E-state index in [2.05, 4.69) is 25.6 Å². The van der Waals surface area contributed by atoms with Gasteiger partial charge < -0.3 is 0 Å². The van der Waals surface area contributed by atoms with Gasteiger partial charge >= 0.3 is 0 Å². The Morgan fingerprint density at radius 2 is 2.00 bits per heavy atom. The summed E-state index contributed by atoms with van der Waals surface area (Å²) in [6, 6.07) is 10.2. The van der Waals surface area contributed by atoms with Gasteiger partial charge in [-0.2, -0.15) is 9.78 Å². The summed E-state index contributed by atoms with van der Waals surface area (Å²) >= 11 is 0. The Bertz CT molecular complexity index is 316. The highest BCUT2D eigenvalue weighted by molar-refractivity contribution is 5.26. The van der Waals surface area contributed by atoms with Crippen LogP contribution in [0.15, 0.2) is 43.0 Å². The molecule has 0 aromatic heterocycles. The van der Waals surface area contributed by atoms with Crippen molar-refractivity contribution in [1.82, 2.24) is 0 Å². The maximum Gasteiger partial charge on any atom is 0.234 e. The molecular weight excluding hydrogens is 176 g/mol. The summed E-state index contributed by atoms with van der Waals surface area (Å²) in [5.74, 6) is 0. The standard InChI is InChI=1S/C12H14O2/c1-3-9-12(2,11-13-14-11)10-7-5-4-6-8-10/h3-8,11H,1,9H2,2H3. The van der Waals surface area contributed by atoms with Gasteiger partial charge in [0.25, 0.3) is 0 Å². The monoisotopic (exact) mass is 190 g/mol. The second kappa shape index (κ2) is 3.56. The van der Waals surface area contributed by atoms with Crippen LogP contribution in [0.5, 0.6) is 0 Å². The van der Waals surface area contributed by atoms with Crippen LogP contribution in [0.4, 0.5) is 0 Å². The minimum absolute atomic E-state index is 0.108. The molecule has 1 heterocycles. The third-order valence-corrected chi connectivity index (χ3v) is 2.71. The molecule has 0 aliphatic carbocycles. The Balaban J connectivity index is 2.30. The molecule has 2 nitrogen and oxygen atoms in total. The predicted octanol–water partition coefficient (Wildman–Crippen LogP) is 2.81. The molecule has 0 bridgehead atoms. The molecule has 0 N–H and O–H groups in total. The molecule has 1 saturated heterocycles. The smallest absolute Gasteiger partial charge is 0.197 e. The molecule has 1 aliphatic heterocycles. The highest BCUT2D eigenvalue weighted by Gasteiger charge is 2.46. The molecule has 1 aromatic rings. The molecule has 0 amide bonds. The molecule has 1 unspecified atom stereocenters. The molecule has 14 heavy (non-hydrogen) atoms. The summed E-state index contributed by atoms with van der Waals surface area (Å²) in [5, 5.41) is 0. The van der Waals surface area contributed by atoms with Gasteiger partial charge in [-0.1, -0.05) is 43.3 Å². The highest BCUT2D eigenvalue weighted by atomic mass is 17.4. The third kappa shape index (κ3) is 1.59. The normalized spacial score (nSPS) is 20.1. The summed E-state index contributed by atoms with van der Waals surface area (Å²) in [6.45, 7) is 5.90. The van der Waals surface area contributed by atoms with E-state index in [1.807, 2.05) is 24.3 Å². The molecule has 1 fully saturated rings. The van der Waals surface area contributed by atoms with Gasteiger partial charge in [-0.3, -0.25) is 0 Å². The SMILES string of the molecule is C=CCC(C)(c1ccccc1)C1OO1. The van der Waals surface area contributed by atoms with Crippen LogP contribution in [0, 0.1) is 0 Å². The van der Waals surface area contributed by atoms with Gasteiger partial charge in [-0.25, -0.2) is 0 Å². The summed E-state index contributed by atoms with van der Waals surface area (Å²) < 4.78 is 0. The summed E-state index contributed by atoms with van der Waals surface area (Å²) in [4.78, 5) is 9.87. The van der Waals surface area contributed by atoms with Crippen molar-refractivity contribution in [2.75, 3.05) is 0 Å². The first kappa shape index (κ1) is 9.44. The molecule has 2 heteroatoms. The van der Waals surface area contributed by atoms with E-state index in [0.717, 1.165) is 6.42 Å². The third-order valence-electron chi connectivity index (χ3n) is 2.71. The van der Waals surface area contributed by atoms with Gasteiger partial charge in [0.2, 0.25) is 6.29 Å². The molecule has 1 atom stereocenters. The van der Waals surface area contributed by atoms with Crippen LogP contribution in [0.2, 0.25) is 0 Å². The fraction of sp³-hybridized carbons (Fsp3) is 0.333. The van der Waals surface area contributed by atoms with Crippen molar-refractivity contribution in [2.24, 2.45) is 0 Å². The van der Waals surface area contributed by atoms with E-state index in [1.165, 1.54) is 5.56 Å². The van der Waals surface area contributed by atoms with Crippen molar-refractivity contribution in [3.05, 3.63) is 48.6 Å². The van der Waals surface area contributed by atoms with Gasteiger partial charge in [-0.05, 0) is 12.0 Å². The van der Waals surface area contributed by atoms with Crippen LogP contribution in [0.1, 0.15) is 18.9 Å². The van der Waals surface area contributed by atoms with Crippen LogP contribution >= 0.6 is 0 Å². The minimum atomic E-state index is -0.122. The number of benzene rings is 1. The van der Waals surface area contributed by atoms with Crippen LogP contribution in [-0.4, -0.2) is 6.29 Å². The van der Waals surface area contributed by atoms with E-state index in [4.69, 9.17) is 9.78 Å². The Labute approximate surface area is 84.1 Å². The van der Waals surface area contributed by atoms with Crippen molar-refractivity contribution in [3.63, 3.8) is 0 Å². The van der Waals surface area contributed by atoms with E-state index in [9.17, 15) is 0 Å². The zero-order chi connectivity index (χ0) is 10.0. The molecule has 74 valence electrons. The van der Waals surface area contributed by atoms with Crippen molar-refractivity contribution in [3.8, 4) is 0 Å². The fourth-order valence-electron chi connectivity index (χ4n) is 1.71. The molecule has 0 saturated carbocycles. The number of rotatable bonds is 4. The van der Waals surface area contributed by atoms with Gasteiger partial charge in [0.15, 0.2) is 0 Å². The van der Waals surface area contributed by atoms with Gasteiger partial charge in [-0.15, -0.1) is 6.58 Å². The fourth-order valence-corrected chi connectivity index (χ4v) is 1.71. The molecule has 0 spiro atoms. The Morgan fingerprint density at radius 1 is 1.36 bits per heavy atom. The maximum atomic E-state index is 4.93. The van der Waals surface area contributed by atoms with Crippen molar-refractivity contribution < 1.29 is 9.78 Å². The van der Waals surface area contributed by atoms with Crippen molar-refractivity contribution in [1.29, 1.82) is 0 Å². The van der Waals surface area contributed by atoms with Crippen LogP contribution in [0.25, 0.3) is 0 Å². The lowest BCUT2D eigenvalue weighted by atomic mass is 9.79. The van der Waals surface area contributed by atoms with Crippen molar-refractivity contribution in [2.45, 2.75) is 25.0 Å². The topological polar surface area (TPSA) is 25.1 Å². The first-order valence-corrected chi connectivity index (χ1v) is 4.76. The summed E-state index contributed by atoms with van der Waals surface area (Å²) in [6.07, 6.45) is 2.63. The van der Waals surface area contributed by atoms with E-state index in [0.29, 0.717) is 0 Å². The average Bonchev–Trinajstić information content (AvgIpc) is 3.03. The zero-order valence-corrected chi connectivity index (χ0v) is 8.27. The highest BCUT2D eigenvalue weighted by Crippen LogP contribution is 2.40. The molecule has 1 aromatic carbocycles. The van der Waals surface area contributed by atoms with Crippen molar-refractivity contribution >= 4 is 0 Å². The predicted molar refractivity (Wildman–Crippen MR) is 54.6 cm³/mol. The van der Waals surface area contributed by atoms with Crippen LogP contribution in [0.3, 0.4) is 0 Å². The zero-order valence-electron chi connectivity index (χ0n) is 8.27. The number of hydrogen-bond donors (Lipinski definition) is 0.